The molecule has 1 N–H and O–H groups in total. The summed E-state index contributed by atoms with van der Waals surface area (Å²) in [6.07, 6.45) is -4.55. The number of carbonyl (C=O) groups excluding carboxylic acids is 1. The van der Waals surface area contributed by atoms with E-state index >= 15 is 0 Å². The average Bonchev–Trinajstić information content (AvgIpc) is 2.55. The molecule has 0 bridgehead atoms. The van der Waals surface area contributed by atoms with Gasteiger partial charge < -0.3 is 5.32 Å². The van der Waals surface area contributed by atoms with Gasteiger partial charge in [0.05, 0.1) is 10.5 Å². The van der Waals surface area contributed by atoms with Gasteiger partial charge in [-0.05, 0) is 58.7 Å². The molecular formula is C17H16BrF3N2O3S. The fourth-order valence-corrected chi connectivity index (χ4v) is 4.09. The Morgan fingerprint density at radius 3 is 2.30 bits per heavy atom. The van der Waals surface area contributed by atoms with Crippen molar-refractivity contribution in [3.63, 3.8) is 0 Å². The first-order chi connectivity index (χ1) is 12.3. The van der Waals surface area contributed by atoms with Crippen molar-refractivity contribution in [1.29, 1.82) is 0 Å². The molecule has 2 aromatic carbocycles. The lowest BCUT2D eigenvalue weighted by molar-refractivity contribution is -0.138. The maximum absolute atomic E-state index is 13.0. The topological polar surface area (TPSA) is 66.5 Å². The summed E-state index contributed by atoms with van der Waals surface area (Å²) < 4.78 is 64.9. The van der Waals surface area contributed by atoms with Crippen LogP contribution in [0.15, 0.2) is 45.8 Å². The maximum Gasteiger partial charge on any atom is 0.416 e. The fraction of sp³-hybridized carbons (Fsp3) is 0.235. The van der Waals surface area contributed by atoms with Crippen molar-refractivity contribution >= 4 is 37.5 Å². The summed E-state index contributed by atoms with van der Waals surface area (Å²) >= 11 is 3.13. The van der Waals surface area contributed by atoms with Gasteiger partial charge in [-0.2, -0.15) is 13.2 Å². The number of hydrogen-bond acceptors (Lipinski definition) is 3. The van der Waals surface area contributed by atoms with Crippen LogP contribution in [0.2, 0.25) is 0 Å². The van der Waals surface area contributed by atoms with E-state index in [1.807, 2.05) is 0 Å². The molecule has 0 spiro atoms. The van der Waals surface area contributed by atoms with Crippen molar-refractivity contribution in [2.45, 2.75) is 18.0 Å². The molecule has 0 aliphatic carbocycles. The summed E-state index contributed by atoms with van der Waals surface area (Å²) in [4.78, 5) is 12.3. The molecule has 0 radical (unpaired) electrons. The maximum atomic E-state index is 13.0. The minimum Gasteiger partial charge on any atom is -0.322 e. The summed E-state index contributed by atoms with van der Waals surface area (Å²) in [5, 5.41) is 2.36. The highest BCUT2D eigenvalue weighted by Gasteiger charge is 2.32. The molecule has 1 amide bonds. The van der Waals surface area contributed by atoms with E-state index in [4.69, 9.17) is 0 Å². The molecule has 146 valence electrons. The lowest BCUT2D eigenvalue weighted by Gasteiger charge is -2.15. The van der Waals surface area contributed by atoms with Gasteiger partial charge in [-0.1, -0.05) is 6.07 Å². The van der Waals surface area contributed by atoms with E-state index in [0.717, 1.165) is 16.4 Å². The van der Waals surface area contributed by atoms with Crippen LogP contribution in [0.5, 0.6) is 0 Å². The number of amides is 1. The fourth-order valence-electron chi connectivity index (χ4n) is 2.25. The third kappa shape index (κ3) is 4.69. The summed E-state index contributed by atoms with van der Waals surface area (Å²) in [6, 6.07) is 7.35. The molecule has 2 rings (SSSR count). The van der Waals surface area contributed by atoms with E-state index in [-0.39, 0.29) is 26.2 Å². The van der Waals surface area contributed by atoms with E-state index < -0.39 is 27.7 Å². The lowest BCUT2D eigenvalue weighted by Crippen LogP contribution is -2.23. The van der Waals surface area contributed by atoms with Gasteiger partial charge in [0, 0.05) is 29.8 Å². The zero-order valence-corrected chi connectivity index (χ0v) is 17.0. The molecular weight excluding hydrogens is 449 g/mol. The number of aryl methyl sites for hydroxylation is 1. The number of rotatable bonds is 4. The van der Waals surface area contributed by atoms with Crippen molar-refractivity contribution < 1.29 is 26.4 Å². The van der Waals surface area contributed by atoms with Gasteiger partial charge in [0.1, 0.15) is 0 Å². The second kappa shape index (κ2) is 7.61. The van der Waals surface area contributed by atoms with Crippen LogP contribution in [0.1, 0.15) is 21.5 Å². The van der Waals surface area contributed by atoms with E-state index in [9.17, 15) is 26.4 Å². The first kappa shape index (κ1) is 21.4. The molecule has 0 heterocycles. The number of hydrogen-bond donors (Lipinski definition) is 1. The molecule has 0 fully saturated rings. The highest BCUT2D eigenvalue weighted by molar-refractivity contribution is 9.10. The number of benzene rings is 2. The van der Waals surface area contributed by atoms with Crippen LogP contribution in [0, 0.1) is 6.92 Å². The van der Waals surface area contributed by atoms with Gasteiger partial charge in [-0.25, -0.2) is 12.7 Å². The minimum atomic E-state index is -4.55. The van der Waals surface area contributed by atoms with Crippen LogP contribution in [0.3, 0.4) is 0 Å². The Labute approximate surface area is 163 Å². The lowest BCUT2D eigenvalue weighted by atomic mass is 10.1. The van der Waals surface area contributed by atoms with E-state index in [0.29, 0.717) is 0 Å². The third-order valence-electron chi connectivity index (χ3n) is 3.75. The summed E-state index contributed by atoms with van der Waals surface area (Å²) in [5.74, 6) is -0.727. The van der Waals surface area contributed by atoms with Crippen molar-refractivity contribution in [3.05, 3.63) is 57.6 Å². The molecule has 5 nitrogen and oxygen atoms in total. The summed E-state index contributed by atoms with van der Waals surface area (Å²) in [6.45, 7) is 1.32. The average molecular weight is 465 g/mol. The first-order valence-corrected chi connectivity index (χ1v) is 9.78. The Morgan fingerprint density at radius 1 is 1.11 bits per heavy atom. The van der Waals surface area contributed by atoms with E-state index in [1.54, 1.807) is 0 Å². The Hall–Kier alpha value is -1.91. The Kier molecular flexibility index (Phi) is 6.03. The van der Waals surface area contributed by atoms with Gasteiger partial charge in [0.25, 0.3) is 5.91 Å². The number of sulfonamides is 1. The quantitative estimate of drug-likeness (QED) is 0.734. The van der Waals surface area contributed by atoms with Crippen molar-refractivity contribution in [2.24, 2.45) is 0 Å². The molecule has 0 aromatic heterocycles. The largest absolute Gasteiger partial charge is 0.416 e. The zero-order chi connectivity index (χ0) is 20.6. The highest BCUT2D eigenvalue weighted by atomic mass is 79.9. The summed E-state index contributed by atoms with van der Waals surface area (Å²) in [7, 11) is -1.12. The molecule has 0 unspecified atom stereocenters. The standard InChI is InChI=1S/C17H16BrF3N2O3S/c1-10-4-6-12(9-13(10)17(19,20)21)22-16(24)11-5-7-14(18)15(8-11)27(25,26)23(2)3/h4-9H,1-3H3,(H,22,24). The number of carbonyl (C=O) groups is 1. The Balaban J connectivity index is 2.38. The van der Waals surface area contributed by atoms with Gasteiger partial charge in [-0.3, -0.25) is 4.79 Å². The molecule has 0 aliphatic heterocycles. The molecule has 2 aromatic rings. The normalized spacial score (nSPS) is 12.3. The molecule has 0 saturated carbocycles. The van der Waals surface area contributed by atoms with Gasteiger partial charge in [-0.15, -0.1) is 0 Å². The minimum absolute atomic E-state index is 0.00670. The molecule has 10 heteroatoms. The molecule has 0 saturated heterocycles. The number of alkyl halides is 3. The van der Waals surface area contributed by atoms with E-state index in [2.05, 4.69) is 21.2 Å². The van der Waals surface area contributed by atoms with Crippen LogP contribution >= 0.6 is 15.9 Å². The van der Waals surface area contributed by atoms with Crippen LogP contribution < -0.4 is 5.32 Å². The predicted molar refractivity (Wildman–Crippen MR) is 99.1 cm³/mol. The van der Waals surface area contributed by atoms with Crippen LogP contribution in [0.4, 0.5) is 18.9 Å². The number of halogens is 4. The van der Waals surface area contributed by atoms with Crippen molar-refractivity contribution in [1.82, 2.24) is 4.31 Å². The third-order valence-corrected chi connectivity index (χ3v) is 6.56. The smallest absolute Gasteiger partial charge is 0.322 e. The van der Waals surface area contributed by atoms with Gasteiger partial charge in [0.15, 0.2) is 0 Å². The molecule has 27 heavy (non-hydrogen) atoms. The number of anilines is 1. The van der Waals surface area contributed by atoms with Crippen LogP contribution in [-0.2, 0) is 16.2 Å². The SMILES string of the molecule is Cc1ccc(NC(=O)c2ccc(Br)c(S(=O)(=O)N(C)C)c2)cc1C(F)(F)F. The monoisotopic (exact) mass is 464 g/mol. The van der Waals surface area contributed by atoms with Crippen molar-refractivity contribution in [2.75, 3.05) is 19.4 Å². The molecule has 0 atom stereocenters. The summed E-state index contributed by atoms with van der Waals surface area (Å²) in [5.41, 5.74) is -0.874. The van der Waals surface area contributed by atoms with E-state index in [1.165, 1.54) is 45.3 Å². The van der Waals surface area contributed by atoms with Gasteiger partial charge in [0.2, 0.25) is 10.0 Å². The first-order valence-electron chi connectivity index (χ1n) is 7.55. The van der Waals surface area contributed by atoms with Gasteiger partial charge >= 0.3 is 6.18 Å². The molecule has 0 aliphatic rings. The predicted octanol–water partition coefficient (Wildman–Crippen LogP) is 4.28. The van der Waals surface area contributed by atoms with Crippen LogP contribution in [-0.4, -0.2) is 32.7 Å². The highest BCUT2D eigenvalue weighted by Crippen LogP contribution is 2.33. The van der Waals surface area contributed by atoms with Crippen molar-refractivity contribution in [3.8, 4) is 0 Å². The van der Waals surface area contributed by atoms with Crippen LogP contribution in [0.25, 0.3) is 0 Å². The Morgan fingerprint density at radius 2 is 1.74 bits per heavy atom. The number of nitrogens with one attached hydrogen (secondary N) is 1. The number of nitrogens with zero attached hydrogens (tertiary/aromatic N) is 1. The second-order valence-corrected chi connectivity index (χ2v) is 8.89. The Bertz CT molecular complexity index is 989. The second-order valence-electron chi connectivity index (χ2n) is 5.91. The zero-order valence-electron chi connectivity index (χ0n) is 14.6.